The van der Waals surface area contributed by atoms with Crippen molar-refractivity contribution in [3.8, 4) is 5.69 Å². The second-order valence-corrected chi connectivity index (χ2v) is 6.24. The van der Waals surface area contributed by atoms with Crippen LogP contribution in [0, 0.1) is 20.8 Å². The van der Waals surface area contributed by atoms with Crippen LogP contribution in [-0.4, -0.2) is 9.13 Å². The van der Waals surface area contributed by atoms with Gasteiger partial charge in [-0.2, -0.15) is 0 Å². The SMILES string of the molecule is Cc1ccc(-n2c(C)cc3c4c(ccc32)cc(C)n4C)cc1. The lowest BCUT2D eigenvalue weighted by Gasteiger charge is -2.09. The summed E-state index contributed by atoms with van der Waals surface area (Å²) in [6.45, 7) is 6.47. The lowest BCUT2D eigenvalue weighted by atomic mass is 10.2. The summed E-state index contributed by atoms with van der Waals surface area (Å²) in [5.74, 6) is 0. The highest BCUT2D eigenvalue weighted by molar-refractivity contribution is 6.06. The largest absolute Gasteiger partial charge is 0.347 e. The molecule has 0 bridgehead atoms. The minimum Gasteiger partial charge on any atom is -0.347 e. The molecule has 22 heavy (non-hydrogen) atoms. The predicted octanol–water partition coefficient (Wildman–Crippen LogP) is 5.05. The molecule has 0 unspecified atom stereocenters. The maximum absolute atomic E-state index is 2.34. The average Bonchev–Trinajstić information content (AvgIpc) is 2.97. The molecule has 2 aromatic carbocycles. The third kappa shape index (κ3) is 1.73. The number of rotatable bonds is 1. The first-order valence-electron chi connectivity index (χ1n) is 7.70. The van der Waals surface area contributed by atoms with E-state index in [1.165, 1.54) is 44.4 Å². The first-order valence-corrected chi connectivity index (χ1v) is 7.70. The molecule has 2 heterocycles. The first-order chi connectivity index (χ1) is 10.6. The molecule has 0 N–H and O–H groups in total. The van der Waals surface area contributed by atoms with Gasteiger partial charge < -0.3 is 9.13 Å². The van der Waals surface area contributed by atoms with Crippen LogP contribution in [0.25, 0.3) is 27.5 Å². The molecular formula is C20H20N2. The molecule has 4 aromatic rings. The van der Waals surface area contributed by atoms with Crippen molar-refractivity contribution in [1.82, 2.24) is 9.13 Å². The van der Waals surface area contributed by atoms with E-state index in [4.69, 9.17) is 0 Å². The van der Waals surface area contributed by atoms with Crippen LogP contribution in [0.2, 0.25) is 0 Å². The lowest BCUT2D eigenvalue weighted by molar-refractivity contribution is 0.921. The Hall–Kier alpha value is -2.48. The van der Waals surface area contributed by atoms with Crippen LogP contribution in [0.4, 0.5) is 0 Å². The Morgan fingerprint density at radius 1 is 0.773 bits per heavy atom. The number of aromatic nitrogens is 2. The van der Waals surface area contributed by atoms with E-state index in [2.05, 4.69) is 85.5 Å². The summed E-state index contributed by atoms with van der Waals surface area (Å²) in [7, 11) is 2.15. The Labute approximate surface area is 130 Å². The van der Waals surface area contributed by atoms with Crippen LogP contribution in [-0.2, 0) is 7.05 Å². The standard InChI is InChI=1S/C20H20N2/c1-13-5-8-17(9-6-13)22-15(3)12-18-19(22)10-7-16-11-14(2)21(4)20(16)18/h5-12H,1-4H3. The number of benzene rings is 2. The summed E-state index contributed by atoms with van der Waals surface area (Å²) in [4.78, 5) is 0. The Morgan fingerprint density at radius 3 is 2.23 bits per heavy atom. The van der Waals surface area contributed by atoms with Crippen molar-refractivity contribution >= 4 is 21.8 Å². The molecule has 0 radical (unpaired) electrons. The van der Waals surface area contributed by atoms with Gasteiger partial charge in [-0.15, -0.1) is 0 Å². The van der Waals surface area contributed by atoms with Crippen molar-refractivity contribution in [2.45, 2.75) is 20.8 Å². The van der Waals surface area contributed by atoms with Crippen LogP contribution >= 0.6 is 0 Å². The van der Waals surface area contributed by atoms with E-state index >= 15 is 0 Å². The molecule has 2 heteroatoms. The molecule has 0 aliphatic carbocycles. The van der Waals surface area contributed by atoms with Crippen molar-refractivity contribution in [2.75, 3.05) is 0 Å². The monoisotopic (exact) mass is 288 g/mol. The maximum Gasteiger partial charge on any atom is 0.0575 e. The third-order valence-corrected chi connectivity index (χ3v) is 4.69. The minimum absolute atomic E-state index is 1.23. The third-order valence-electron chi connectivity index (χ3n) is 4.69. The Morgan fingerprint density at radius 2 is 1.50 bits per heavy atom. The van der Waals surface area contributed by atoms with E-state index in [9.17, 15) is 0 Å². The zero-order valence-electron chi connectivity index (χ0n) is 13.5. The predicted molar refractivity (Wildman–Crippen MR) is 94.0 cm³/mol. The maximum atomic E-state index is 2.34. The van der Waals surface area contributed by atoms with Gasteiger partial charge in [0.2, 0.25) is 0 Å². The Bertz CT molecular complexity index is 998. The highest BCUT2D eigenvalue weighted by Crippen LogP contribution is 2.32. The summed E-state index contributed by atoms with van der Waals surface area (Å²) < 4.78 is 4.63. The van der Waals surface area contributed by atoms with Gasteiger partial charge in [0.1, 0.15) is 0 Å². The topological polar surface area (TPSA) is 9.86 Å². The van der Waals surface area contributed by atoms with Gasteiger partial charge in [-0.25, -0.2) is 0 Å². The number of hydrogen-bond donors (Lipinski definition) is 0. The highest BCUT2D eigenvalue weighted by atomic mass is 15.0. The van der Waals surface area contributed by atoms with Crippen LogP contribution in [0.3, 0.4) is 0 Å². The van der Waals surface area contributed by atoms with Gasteiger partial charge in [-0.3, -0.25) is 0 Å². The number of aryl methyl sites for hydroxylation is 4. The summed E-state index contributed by atoms with van der Waals surface area (Å²) in [5.41, 5.74) is 7.68. The second-order valence-electron chi connectivity index (χ2n) is 6.24. The van der Waals surface area contributed by atoms with Gasteiger partial charge >= 0.3 is 0 Å². The molecule has 0 aliphatic heterocycles. The van der Waals surface area contributed by atoms with Gasteiger partial charge in [-0.05, 0) is 51.1 Å². The molecule has 0 atom stereocenters. The zero-order valence-corrected chi connectivity index (χ0v) is 13.5. The van der Waals surface area contributed by atoms with E-state index in [-0.39, 0.29) is 0 Å². The molecule has 0 aliphatic rings. The Kier molecular flexibility index (Phi) is 2.70. The molecule has 0 fully saturated rings. The molecule has 0 saturated heterocycles. The van der Waals surface area contributed by atoms with Crippen molar-refractivity contribution in [3.63, 3.8) is 0 Å². The highest BCUT2D eigenvalue weighted by Gasteiger charge is 2.13. The normalized spacial score (nSPS) is 11.6. The van der Waals surface area contributed by atoms with Crippen molar-refractivity contribution in [3.05, 3.63) is 65.5 Å². The van der Waals surface area contributed by atoms with Crippen LogP contribution < -0.4 is 0 Å². The smallest absolute Gasteiger partial charge is 0.0575 e. The molecule has 0 amide bonds. The lowest BCUT2D eigenvalue weighted by Crippen LogP contribution is -1.96. The molecule has 4 rings (SSSR count). The molecule has 0 spiro atoms. The number of hydrogen-bond acceptors (Lipinski definition) is 0. The quantitative estimate of drug-likeness (QED) is 0.464. The van der Waals surface area contributed by atoms with Gasteiger partial charge in [0.15, 0.2) is 0 Å². The molecule has 0 saturated carbocycles. The molecule has 2 nitrogen and oxygen atoms in total. The summed E-state index contributed by atoms with van der Waals surface area (Å²) in [5, 5.41) is 2.64. The van der Waals surface area contributed by atoms with Gasteiger partial charge in [0, 0.05) is 34.9 Å². The molecule has 110 valence electrons. The number of nitrogens with zero attached hydrogens (tertiary/aromatic N) is 2. The van der Waals surface area contributed by atoms with Gasteiger partial charge in [0.05, 0.1) is 11.0 Å². The van der Waals surface area contributed by atoms with Gasteiger partial charge in [-0.1, -0.05) is 23.8 Å². The minimum atomic E-state index is 1.23. The van der Waals surface area contributed by atoms with Gasteiger partial charge in [0.25, 0.3) is 0 Å². The summed E-state index contributed by atoms with van der Waals surface area (Å²) >= 11 is 0. The number of fused-ring (bicyclic) bond motifs is 3. The first kappa shape index (κ1) is 13.2. The fraction of sp³-hybridized carbons (Fsp3) is 0.200. The summed E-state index contributed by atoms with van der Waals surface area (Å²) in [6.07, 6.45) is 0. The molecular weight excluding hydrogens is 268 g/mol. The second kappa shape index (κ2) is 4.51. The zero-order chi connectivity index (χ0) is 15.4. The van der Waals surface area contributed by atoms with Crippen molar-refractivity contribution in [2.24, 2.45) is 7.05 Å². The summed E-state index contributed by atoms with van der Waals surface area (Å²) in [6, 6.07) is 17.8. The van der Waals surface area contributed by atoms with E-state index in [1.54, 1.807) is 0 Å². The van der Waals surface area contributed by atoms with E-state index in [0.717, 1.165) is 0 Å². The average molecular weight is 288 g/mol. The molecule has 2 aromatic heterocycles. The van der Waals surface area contributed by atoms with E-state index < -0.39 is 0 Å². The fourth-order valence-corrected chi connectivity index (χ4v) is 3.44. The van der Waals surface area contributed by atoms with E-state index in [0.29, 0.717) is 0 Å². The van der Waals surface area contributed by atoms with Crippen molar-refractivity contribution < 1.29 is 0 Å². The van der Waals surface area contributed by atoms with Crippen molar-refractivity contribution in [1.29, 1.82) is 0 Å². The van der Waals surface area contributed by atoms with Crippen LogP contribution in [0.1, 0.15) is 17.0 Å². The fourth-order valence-electron chi connectivity index (χ4n) is 3.44. The Balaban J connectivity index is 2.10. The van der Waals surface area contributed by atoms with Crippen LogP contribution in [0.5, 0.6) is 0 Å². The van der Waals surface area contributed by atoms with E-state index in [1.807, 2.05) is 0 Å². The van der Waals surface area contributed by atoms with Crippen LogP contribution in [0.15, 0.2) is 48.5 Å².